The second-order valence-corrected chi connectivity index (χ2v) is 4.15. The summed E-state index contributed by atoms with van der Waals surface area (Å²) in [6.45, 7) is 2.86. The van der Waals surface area contributed by atoms with E-state index in [1.165, 1.54) is 0 Å². The minimum atomic E-state index is 0.554. The summed E-state index contributed by atoms with van der Waals surface area (Å²) in [5.74, 6) is 1.87. The van der Waals surface area contributed by atoms with Crippen molar-refractivity contribution in [2.75, 3.05) is 27.2 Å². The number of hydrogen-bond donors (Lipinski definition) is 1. The Morgan fingerprint density at radius 2 is 2.00 bits per heavy atom. The summed E-state index contributed by atoms with van der Waals surface area (Å²) in [7, 11) is 4.04. The van der Waals surface area contributed by atoms with E-state index in [9.17, 15) is 0 Å². The second-order valence-electron chi connectivity index (χ2n) is 4.15. The Morgan fingerprint density at radius 3 is 2.69 bits per heavy atom. The number of unbranched alkanes of at least 4 members (excludes halogenated alkanes) is 1. The van der Waals surface area contributed by atoms with Crippen molar-refractivity contribution in [3.63, 3.8) is 0 Å². The van der Waals surface area contributed by atoms with Crippen molar-refractivity contribution in [2.24, 2.45) is 5.73 Å². The summed E-state index contributed by atoms with van der Waals surface area (Å²) in [5.41, 5.74) is 5.39. The third kappa shape index (κ3) is 5.30. The molecule has 4 nitrogen and oxygen atoms in total. The van der Waals surface area contributed by atoms with Gasteiger partial charge in [-0.25, -0.2) is 0 Å². The molecule has 1 aromatic heterocycles. The summed E-state index contributed by atoms with van der Waals surface area (Å²) in [6, 6.07) is 3.97. The van der Waals surface area contributed by atoms with E-state index in [0.717, 1.165) is 44.1 Å². The summed E-state index contributed by atoms with van der Waals surface area (Å²) < 4.78 is 11.1. The molecule has 0 bridgehead atoms. The highest BCUT2D eigenvalue weighted by molar-refractivity contribution is 5.06. The van der Waals surface area contributed by atoms with Gasteiger partial charge in [-0.3, -0.25) is 0 Å². The first-order chi connectivity index (χ1) is 7.72. The van der Waals surface area contributed by atoms with E-state index >= 15 is 0 Å². The van der Waals surface area contributed by atoms with Gasteiger partial charge in [-0.05, 0) is 45.6 Å². The van der Waals surface area contributed by atoms with Gasteiger partial charge in [0.05, 0.1) is 6.54 Å². The molecule has 1 aromatic rings. The van der Waals surface area contributed by atoms with E-state index in [4.69, 9.17) is 14.9 Å². The van der Waals surface area contributed by atoms with Gasteiger partial charge in [0.15, 0.2) is 0 Å². The fourth-order valence-corrected chi connectivity index (χ4v) is 1.42. The van der Waals surface area contributed by atoms with E-state index in [1.54, 1.807) is 0 Å². The Bertz CT molecular complexity index is 284. The molecule has 0 amide bonds. The van der Waals surface area contributed by atoms with Crippen molar-refractivity contribution in [2.45, 2.75) is 26.0 Å². The van der Waals surface area contributed by atoms with Crippen LogP contribution in [0.2, 0.25) is 0 Å². The largest absolute Gasteiger partial charge is 0.462 e. The number of rotatable bonds is 8. The van der Waals surface area contributed by atoms with Gasteiger partial charge in [-0.15, -0.1) is 0 Å². The lowest BCUT2D eigenvalue weighted by Crippen LogP contribution is -2.09. The zero-order valence-electron chi connectivity index (χ0n) is 10.2. The molecule has 0 saturated heterocycles. The predicted molar refractivity (Wildman–Crippen MR) is 64.0 cm³/mol. The molecule has 0 spiro atoms. The minimum absolute atomic E-state index is 0.554. The van der Waals surface area contributed by atoms with Gasteiger partial charge in [-0.2, -0.15) is 0 Å². The van der Waals surface area contributed by atoms with Gasteiger partial charge in [-0.1, -0.05) is 0 Å². The lowest BCUT2D eigenvalue weighted by Gasteiger charge is -2.06. The molecule has 0 radical (unpaired) electrons. The zero-order chi connectivity index (χ0) is 11.8. The molecule has 92 valence electrons. The molecule has 0 aromatic carbocycles. The van der Waals surface area contributed by atoms with Crippen molar-refractivity contribution in [1.29, 1.82) is 0 Å². The normalized spacial score (nSPS) is 11.2. The third-order valence-corrected chi connectivity index (χ3v) is 2.18. The molecule has 4 heteroatoms. The predicted octanol–water partition coefficient (Wildman–Crippen LogP) is 1.60. The number of furan rings is 1. The summed E-state index contributed by atoms with van der Waals surface area (Å²) in [5, 5.41) is 0. The van der Waals surface area contributed by atoms with E-state index in [-0.39, 0.29) is 0 Å². The zero-order valence-corrected chi connectivity index (χ0v) is 10.2. The second kappa shape index (κ2) is 7.44. The summed E-state index contributed by atoms with van der Waals surface area (Å²) in [6.07, 6.45) is 2.03. The molecular formula is C12H22N2O2. The molecule has 0 atom stereocenters. The van der Waals surface area contributed by atoms with Crippen LogP contribution in [0.15, 0.2) is 16.5 Å². The summed E-state index contributed by atoms with van der Waals surface area (Å²) in [4.78, 5) is 2.07. The topological polar surface area (TPSA) is 51.6 Å². The summed E-state index contributed by atoms with van der Waals surface area (Å²) >= 11 is 0. The standard InChI is InChI=1S/C12H22N2O2/c1-14(2)9-11-5-6-12(16-11)10-15-8-4-3-7-13/h5-6H,3-4,7-10,13H2,1-2H3. The molecule has 0 saturated carbocycles. The van der Waals surface area contributed by atoms with Crippen molar-refractivity contribution in [3.05, 3.63) is 23.7 Å². The Hall–Kier alpha value is -0.840. The molecule has 2 N–H and O–H groups in total. The van der Waals surface area contributed by atoms with Crippen LogP contribution in [0.4, 0.5) is 0 Å². The molecule has 0 aliphatic heterocycles. The van der Waals surface area contributed by atoms with Crippen LogP contribution >= 0.6 is 0 Å². The minimum Gasteiger partial charge on any atom is -0.462 e. The molecule has 1 heterocycles. The number of hydrogen-bond acceptors (Lipinski definition) is 4. The van der Waals surface area contributed by atoms with Crippen LogP contribution in [0.1, 0.15) is 24.4 Å². The average Bonchev–Trinajstić information content (AvgIpc) is 2.64. The monoisotopic (exact) mass is 226 g/mol. The van der Waals surface area contributed by atoms with Crippen molar-refractivity contribution in [1.82, 2.24) is 4.90 Å². The highest BCUT2D eigenvalue weighted by Gasteiger charge is 2.02. The third-order valence-electron chi connectivity index (χ3n) is 2.18. The molecule has 1 rings (SSSR count). The fourth-order valence-electron chi connectivity index (χ4n) is 1.42. The van der Waals surface area contributed by atoms with Gasteiger partial charge in [0.1, 0.15) is 18.1 Å². The highest BCUT2D eigenvalue weighted by atomic mass is 16.5. The maximum Gasteiger partial charge on any atom is 0.129 e. The van der Waals surface area contributed by atoms with Crippen LogP contribution in [0.3, 0.4) is 0 Å². The first-order valence-corrected chi connectivity index (χ1v) is 5.72. The maximum atomic E-state index is 5.61. The Balaban J connectivity index is 2.19. The lowest BCUT2D eigenvalue weighted by atomic mass is 10.3. The van der Waals surface area contributed by atoms with Gasteiger partial charge in [0.25, 0.3) is 0 Å². The van der Waals surface area contributed by atoms with E-state index in [1.807, 2.05) is 26.2 Å². The smallest absolute Gasteiger partial charge is 0.129 e. The number of nitrogens with two attached hydrogens (primary N) is 1. The van der Waals surface area contributed by atoms with Crippen molar-refractivity contribution in [3.8, 4) is 0 Å². The average molecular weight is 226 g/mol. The first kappa shape index (κ1) is 13.2. The number of ether oxygens (including phenoxy) is 1. The molecule has 0 unspecified atom stereocenters. The quantitative estimate of drug-likeness (QED) is 0.684. The maximum absolute atomic E-state index is 5.61. The molecular weight excluding hydrogens is 204 g/mol. The fraction of sp³-hybridized carbons (Fsp3) is 0.667. The Kier molecular flexibility index (Phi) is 6.15. The van der Waals surface area contributed by atoms with E-state index < -0.39 is 0 Å². The highest BCUT2D eigenvalue weighted by Crippen LogP contribution is 2.10. The van der Waals surface area contributed by atoms with Crippen LogP contribution in [-0.4, -0.2) is 32.1 Å². The van der Waals surface area contributed by atoms with Crippen LogP contribution < -0.4 is 5.73 Å². The Labute approximate surface area is 97.4 Å². The van der Waals surface area contributed by atoms with Gasteiger partial charge in [0.2, 0.25) is 0 Å². The van der Waals surface area contributed by atoms with Crippen LogP contribution in [0.5, 0.6) is 0 Å². The van der Waals surface area contributed by atoms with E-state index in [2.05, 4.69) is 4.90 Å². The Morgan fingerprint density at radius 1 is 1.25 bits per heavy atom. The van der Waals surface area contributed by atoms with Crippen molar-refractivity contribution < 1.29 is 9.15 Å². The van der Waals surface area contributed by atoms with Gasteiger partial charge < -0.3 is 19.8 Å². The van der Waals surface area contributed by atoms with Crippen LogP contribution in [0.25, 0.3) is 0 Å². The van der Waals surface area contributed by atoms with E-state index in [0.29, 0.717) is 6.61 Å². The number of nitrogens with zero attached hydrogens (tertiary/aromatic N) is 1. The molecule has 0 fully saturated rings. The molecule has 0 aliphatic rings. The lowest BCUT2D eigenvalue weighted by molar-refractivity contribution is 0.102. The first-order valence-electron chi connectivity index (χ1n) is 5.72. The molecule has 16 heavy (non-hydrogen) atoms. The van der Waals surface area contributed by atoms with Gasteiger partial charge in [0, 0.05) is 6.61 Å². The van der Waals surface area contributed by atoms with Crippen LogP contribution in [-0.2, 0) is 17.9 Å². The molecule has 0 aliphatic carbocycles. The van der Waals surface area contributed by atoms with Gasteiger partial charge >= 0.3 is 0 Å². The van der Waals surface area contributed by atoms with Crippen LogP contribution in [0, 0.1) is 0 Å². The SMILES string of the molecule is CN(C)Cc1ccc(COCCCCN)o1. The van der Waals surface area contributed by atoms with Crippen molar-refractivity contribution >= 4 is 0 Å².